The van der Waals surface area contributed by atoms with E-state index in [0.717, 1.165) is 22.7 Å². The largest absolute Gasteiger partial charge is 0.276 e. The number of aromatic nitrogens is 6. The molecular weight excluding hydrogens is 192 g/mol. The van der Waals surface area contributed by atoms with Crippen LogP contribution in [0.25, 0.3) is 17.0 Å². The molecule has 3 aromatic rings. The number of nitrogens with zero attached hydrogens (tertiary/aromatic N) is 5. The average Bonchev–Trinajstić information content (AvgIpc) is 2.87. The van der Waals surface area contributed by atoms with Crippen molar-refractivity contribution in [2.45, 2.75) is 6.92 Å². The molecule has 0 radical (unpaired) electrons. The maximum atomic E-state index is 4.17. The molecule has 15 heavy (non-hydrogen) atoms. The van der Waals surface area contributed by atoms with Crippen molar-refractivity contribution in [1.29, 1.82) is 0 Å². The van der Waals surface area contributed by atoms with Crippen molar-refractivity contribution in [3.8, 4) is 11.4 Å². The number of aromatic amines is 1. The molecule has 0 aliphatic rings. The summed E-state index contributed by atoms with van der Waals surface area (Å²) < 4.78 is 1.75. The fourth-order valence-corrected chi connectivity index (χ4v) is 1.54. The third kappa shape index (κ3) is 1.11. The summed E-state index contributed by atoms with van der Waals surface area (Å²) in [6.07, 6.45) is 3.39. The Morgan fingerprint density at radius 3 is 2.93 bits per heavy atom. The van der Waals surface area contributed by atoms with E-state index in [1.54, 1.807) is 16.9 Å². The van der Waals surface area contributed by atoms with Gasteiger partial charge in [0, 0.05) is 12.3 Å². The predicted octanol–water partition coefficient (Wildman–Crippen LogP) is 0.823. The van der Waals surface area contributed by atoms with Gasteiger partial charge in [-0.3, -0.25) is 5.10 Å². The van der Waals surface area contributed by atoms with Gasteiger partial charge in [0.05, 0.1) is 17.6 Å². The summed E-state index contributed by atoms with van der Waals surface area (Å²) in [5, 5.41) is 19.1. The Balaban J connectivity index is 2.32. The molecule has 0 amide bonds. The van der Waals surface area contributed by atoms with Gasteiger partial charge >= 0.3 is 0 Å². The molecule has 0 spiro atoms. The molecule has 3 heterocycles. The van der Waals surface area contributed by atoms with Crippen LogP contribution in [0.3, 0.4) is 0 Å². The van der Waals surface area contributed by atoms with Crippen LogP contribution in [0.5, 0.6) is 0 Å². The lowest BCUT2D eigenvalue weighted by atomic mass is 10.2. The summed E-state index contributed by atoms with van der Waals surface area (Å²) in [7, 11) is 0. The van der Waals surface area contributed by atoms with Gasteiger partial charge in [0.2, 0.25) is 0 Å². The molecule has 0 saturated heterocycles. The molecule has 6 nitrogen and oxygen atoms in total. The molecule has 3 rings (SSSR count). The van der Waals surface area contributed by atoms with Crippen molar-refractivity contribution in [3.63, 3.8) is 0 Å². The Morgan fingerprint density at radius 1 is 1.20 bits per heavy atom. The van der Waals surface area contributed by atoms with Gasteiger partial charge in [-0.15, -0.1) is 10.2 Å². The van der Waals surface area contributed by atoms with Gasteiger partial charge in [0.25, 0.3) is 0 Å². The molecule has 0 unspecified atom stereocenters. The van der Waals surface area contributed by atoms with Crippen molar-refractivity contribution in [3.05, 3.63) is 30.2 Å². The summed E-state index contributed by atoms with van der Waals surface area (Å²) >= 11 is 0. The summed E-state index contributed by atoms with van der Waals surface area (Å²) in [6, 6.07) is 3.67. The molecular formula is C9H8N6. The van der Waals surface area contributed by atoms with Gasteiger partial charge in [-0.1, -0.05) is 0 Å². The lowest BCUT2D eigenvalue weighted by molar-refractivity contribution is 0.851. The van der Waals surface area contributed by atoms with Gasteiger partial charge in [-0.25, -0.2) is 4.52 Å². The number of fused-ring (bicyclic) bond motifs is 1. The zero-order valence-electron chi connectivity index (χ0n) is 8.05. The maximum Gasteiger partial charge on any atom is 0.177 e. The van der Waals surface area contributed by atoms with Crippen molar-refractivity contribution in [2.75, 3.05) is 0 Å². The second-order valence-corrected chi connectivity index (χ2v) is 3.21. The Bertz CT molecular complexity index is 594. The highest BCUT2D eigenvalue weighted by atomic mass is 15.3. The van der Waals surface area contributed by atoms with Gasteiger partial charge in [-0.2, -0.15) is 10.2 Å². The Morgan fingerprint density at radius 2 is 2.13 bits per heavy atom. The number of rotatable bonds is 1. The topological polar surface area (TPSA) is 71.8 Å². The zero-order chi connectivity index (χ0) is 10.3. The standard InChI is InChI=1S/C9H8N6/c1-6-9(7-2-4-10-12-7)14-13-8-3-5-11-15(6)8/h2-5H,1H3,(H,10,12). The summed E-state index contributed by atoms with van der Waals surface area (Å²) in [4.78, 5) is 0. The molecule has 0 aliphatic carbocycles. The average molecular weight is 200 g/mol. The predicted molar refractivity (Wildman–Crippen MR) is 53.1 cm³/mol. The van der Waals surface area contributed by atoms with E-state index >= 15 is 0 Å². The normalized spacial score (nSPS) is 11.0. The van der Waals surface area contributed by atoms with Crippen LogP contribution in [0.15, 0.2) is 24.5 Å². The molecule has 0 saturated carbocycles. The van der Waals surface area contributed by atoms with Gasteiger partial charge in [-0.05, 0) is 13.0 Å². The van der Waals surface area contributed by atoms with Crippen molar-refractivity contribution >= 4 is 5.65 Å². The fraction of sp³-hybridized carbons (Fsp3) is 0.111. The fourth-order valence-electron chi connectivity index (χ4n) is 1.54. The van der Waals surface area contributed by atoms with E-state index in [-0.39, 0.29) is 0 Å². The first-order valence-corrected chi connectivity index (χ1v) is 4.53. The van der Waals surface area contributed by atoms with Crippen molar-refractivity contribution < 1.29 is 0 Å². The highest BCUT2D eigenvalue weighted by Gasteiger charge is 2.09. The summed E-state index contributed by atoms with van der Waals surface area (Å²) in [5.74, 6) is 0. The van der Waals surface area contributed by atoms with Crippen molar-refractivity contribution in [1.82, 2.24) is 30.0 Å². The second kappa shape index (κ2) is 2.88. The molecule has 74 valence electrons. The molecule has 0 aromatic carbocycles. The Labute approximate surface area is 85.0 Å². The molecule has 1 N–H and O–H groups in total. The molecule has 0 atom stereocenters. The smallest absolute Gasteiger partial charge is 0.177 e. The molecule has 0 bridgehead atoms. The monoisotopic (exact) mass is 200 g/mol. The van der Waals surface area contributed by atoms with E-state index < -0.39 is 0 Å². The first-order valence-electron chi connectivity index (χ1n) is 4.53. The minimum atomic E-state index is 0.746. The van der Waals surface area contributed by atoms with E-state index in [4.69, 9.17) is 0 Å². The van der Waals surface area contributed by atoms with E-state index in [2.05, 4.69) is 25.5 Å². The van der Waals surface area contributed by atoms with Gasteiger partial charge in [0.1, 0.15) is 5.69 Å². The minimum absolute atomic E-state index is 0.746. The molecule has 3 aromatic heterocycles. The second-order valence-electron chi connectivity index (χ2n) is 3.21. The quantitative estimate of drug-likeness (QED) is 0.631. The lowest BCUT2D eigenvalue weighted by Gasteiger charge is -2.02. The molecule has 6 heteroatoms. The van der Waals surface area contributed by atoms with Crippen molar-refractivity contribution in [2.24, 2.45) is 0 Å². The van der Waals surface area contributed by atoms with Crippen LogP contribution in [0, 0.1) is 6.92 Å². The summed E-state index contributed by atoms with van der Waals surface area (Å²) in [6.45, 7) is 1.95. The van der Waals surface area contributed by atoms with Crippen LogP contribution in [0.1, 0.15) is 5.69 Å². The SMILES string of the molecule is Cc1c(-c2ccn[nH]2)nnc2ccnn12. The number of hydrogen-bond donors (Lipinski definition) is 1. The van der Waals surface area contributed by atoms with Crippen LogP contribution in [0.4, 0.5) is 0 Å². The van der Waals surface area contributed by atoms with Gasteiger partial charge in [0.15, 0.2) is 5.65 Å². The maximum absolute atomic E-state index is 4.17. The van der Waals surface area contributed by atoms with E-state index in [0.29, 0.717) is 0 Å². The minimum Gasteiger partial charge on any atom is -0.276 e. The third-order valence-corrected chi connectivity index (χ3v) is 2.29. The lowest BCUT2D eigenvalue weighted by Crippen LogP contribution is -2.02. The van der Waals surface area contributed by atoms with Crippen LogP contribution in [0.2, 0.25) is 0 Å². The highest BCUT2D eigenvalue weighted by molar-refractivity contribution is 5.57. The first-order chi connectivity index (χ1) is 7.36. The number of aryl methyl sites for hydroxylation is 1. The summed E-state index contributed by atoms with van der Waals surface area (Å²) in [5.41, 5.74) is 3.30. The van der Waals surface area contributed by atoms with E-state index in [1.807, 2.05) is 19.1 Å². The first kappa shape index (κ1) is 8.10. The van der Waals surface area contributed by atoms with Crippen LogP contribution >= 0.6 is 0 Å². The molecule has 0 fully saturated rings. The van der Waals surface area contributed by atoms with E-state index in [9.17, 15) is 0 Å². The molecule has 0 aliphatic heterocycles. The van der Waals surface area contributed by atoms with Crippen LogP contribution < -0.4 is 0 Å². The number of H-pyrrole nitrogens is 1. The number of hydrogen-bond acceptors (Lipinski definition) is 4. The van der Waals surface area contributed by atoms with Gasteiger partial charge < -0.3 is 0 Å². The highest BCUT2D eigenvalue weighted by Crippen LogP contribution is 2.17. The van der Waals surface area contributed by atoms with Crippen LogP contribution in [-0.2, 0) is 0 Å². The van der Waals surface area contributed by atoms with Crippen LogP contribution in [-0.4, -0.2) is 30.0 Å². The Hall–Kier alpha value is -2.24. The van der Waals surface area contributed by atoms with E-state index in [1.165, 1.54) is 0 Å². The third-order valence-electron chi connectivity index (χ3n) is 2.29. The Kier molecular flexibility index (Phi) is 1.55. The zero-order valence-corrected chi connectivity index (χ0v) is 8.05. The number of nitrogens with one attached hydrogen (secondary N) is 1.